The second-order valence-electron chi connectivity index (χ2n) is 7.42. The van der Waals surface area contributed by atoms with Gasteiger partial charge >= 0.3 is 12.0 Å². The van der Waals surface area contributed by atoms with E-state index >= 15 is 0 Å². The monoisotopic (exact) mass is 361 g/mol. The number of aliphatic carboxylic acids is 1. The first kappa shape index (κ1) is 20.2. The summed E-state index contributed by atoms with van der Waals surface area (Å²) in [4.78, 5) is 27.2. The topological polar surface area (TPSA) is 72.9 Å². The summed E-state index contributed by atoms with van der Waals surface area (Å²) in [5.74, 6) is -0.810. The van der Waals surface area contributed by atoms with Crippen molar-refractivity contribution in [1.29, 1.82) is 0 Å². The number of aryl methyl sites for hydroxylation is 3. The summed E-state index contributed by atoms with van der Waals surface area (Å²) < 4.78 is 0. The lowest BCUT2D eigenvalue weighted by Crippen LogP contribution is -2.41. The number of benzene rings is 1. The Morgan fingerprint density at radius 3 is 2.46 bits per heavy atom. The molecule has 26 heavy (non-hydrogen) atoms. The van der Waals surface area contributed by atoms with E-state index in [1.165, 1.54) is 22.3 Å². The SMILES string of the molecule is Cc1cc(C)c(CNC(=O)N2CCCC(N(C)CC(=O)O)CC2)c(C)c1. The number of rotatable bonds is 5. The summed E-state index contributed by atoms with van der Waals surface area (Å²) in [6.45, 7) is 8.20. The first-order valence-corrected chi connectivity index (χ1v) is 9.29. The lowest BCUT2D eigenvalue weighted by molar-refractivity contribution is -0.138. The van der Waals surface area contributed by atoms with Gasteiger partial charge in [0.1, 0.15) is 0 Å². The Hall–Kier alpha value is -2.08. The van der Waals surface area contributed by atoms with Gasteiger partial charge < -0.3 is 15.3 Å². The van der Waals surface area contributed by atoms with Crippen molar-refractivity contribution >= 4 is 12.0 Å². The van der Waals surface area contributed by atoms with Gasteiger partial charge in [-0.25, -0.2) is 4.79 Å². The summed E-state index contributed by atoms with van der Waals surface area (Å²) in [6, 6.07) is 4.46. The number of nitrogens with zero attached hydrogens (tertiary/aromatic N) is 2. The number of carbonyl (C=O) groups is 2. The molecule has 1 aromatic rings. The maximum atomic E-state index is 12.6. The van der Waals surface area contributed by atoms with Crippen LogP contribution < -0.4 is 5.32 Å². The zero-order chi connectivity index (χ0) is 19.3. The van der Waals surface area contributed by atoms with Crippen LogP contribution >= 0.6 is 0 Å². The first-order valence-electron chi connectivity index (χ1n) is 9.29. The minimum Gasteiger partial charge on any atom is -0.480 e. The maximum absolute atomic E-state index is 12.6. The lowest BCUT2D eigenvalue weighted by atomic mass is 10.00. The molecule has 0 aliphatic carbocycles. The van der Waals surface area contributed by atoms with Crippen LogP contribution in [0.15, 0.2) is 12.1 Å². The third-order valence-electron chi connectivity index (χ3n) is 5.25. The molecule has 2 amide bonds. The Labute approximate surface area is 156 Å². The third kappa shape index (κ3) is 5.46. The molecule has 6 heteroatoms. The van der Waals surface area contributed by atoms with Crippen LogP contribution in [0.4, 0.5) is 4.79 Å². The molecule has 0 bridgehead atoms. The molecule has 2 N–H and O–H groups in total. The van der Waals surface area contributed by atoms with Crippen LogP contribution in [0.3, 0.4) is 0 Å². The average Bonchev–Trinajstić information content (AvgIpc) is 2.79. The number of amides is 2. The molecule has 6 nitrogen and oxygen atoms in total. The number of nitrogens with one attached hydrogen (secondary N) is 1. The van der Waals surface area contributed by atoms with Gasteiger partial charge in [-0.05, 0) is 63.8 Å². The number of carbonyl (C=O) groups excluding carboxylic acids is 1. The molecule has 1 unspecified atom stereocenters. The van der Waals surface area contributed by atoms with Gasteiger partial charge in [-0.3, -0.25) is 9.69 Å². The molecule has 1 atom stereocenters. The molecule has 0 spiro atoms. The normalized spacial score (nSPS) is 17.9. The van der Waals surface area contributed by atoms with E-state index in [2.05, 4.69) is 38.2 Å². The van der Waals surface area contributed by atoms with Crippen LogP contribution in [-0.2, 0) is 11.3 Å². The van der Waals surface area contributed by atoms with Crippen LogP contribution in [0.2, 0.25) is 0 Å². The number of urea groups is 1. The summed E-state index contributed by atoms with van der Waals surface area (Å²) in [7, 11) is 1.84. The van der Waals surface area contributed by atoms with Gasteiger partial charge in [0.15, 0.2) is 0 Å². The predicted octanol–water partition coefficient (Wildman–Crippen LogP) is 2.69. The molecule has 1 saturated heterocycles. The molecule has 0 saturated carbocycles. The molecule has 1 aromatic carbocycles. The van der Waals surface area contributed by atoms with E-state index in [1.54, 1.807) is 0 Å². The fourth-order valence-corrected chi connectivity index (χ4v) is 3.83. The number of hydrogen-bond acceptors (Lipinski definition) is 3. The van der Waals surface area contributed by atoms with Crippen LogP contribution in [0.5, 0.6) is 0 Å². The highest BCUT2D eigenvalue weighted by molar-refractivity contribution is 5.74. The van der Waals surface area contributed by atoms with Crippen molar-refractivity contribution < 1.29 is 14.7 Å². The molecule has 2 rings (SSSR count). The van der Waals surface area contributed by atoms with E-state index in [-0.39, 0.29) is 18.6 Å². The fraction of sp³-hybridized carbons (Fsp3) is 0.600. The van der Waals surface area contributed by atoms with Crippen molar-refractivity contribution in [3.8, 4) is 0 Å². The number of carboxylic acids is 1. The lowest BCUT2D eigenvalue weighted by Gasteiger charge is -2.25. The minimum absolute atomic E-state index is 0.0362. The van der Waals surface area contributed by atoms with E-state index in [1.807, 2.05) is 16.8 Å². The molecule has 144 valence electrons. The summed E-state index contributed by atoms with van der Waals surface area (Å²) in [6.07, 6.45) is 2.62. The Balaban J connectivity index is 1.89. The van der Waals surface area contributed by atoms with Crippen molar-refractivity contribution in [3.05, 3.63) is 34.4 Å². The van der Waals surface area contributed by atoms with Crippen LogP contribution in [0.25, 0.3) is 0 Å². The number of carboxylic acid groups (broad SMARTS) is 1. The molecular formula is C20H31N3O3. The number of likely N-dealkylation sites (N-methyl/N-ethyl adjacent to an activating group) is 1. The minimum atomic E-state index is -0.810. The van der Waals surface area contributed by atoms with E-state index in [0.717, 1.165) is 25.8 Å². The Kier molecular flexibility index (Phi) is 7.03. The molecule has 1 heterocycles. The number of hydrogen-bond donors (Lipinski definition) is 2. The quantitative estimate of drug-likeness (QED) is 0.846. The third-order valence-corrected chi connectivity index (χ3v) is 5.25. The van der Waals surface area contributed by atoms with Gasteiger partial charge in [-0.15, -0.1) is 0 Å². The van der Waals surface area contributed by atoms with Gasteiger partial charge in [-0.1, -0.05) is 17.7 Å². The molecule has 0 radical (unpaired) electrons. The fourth-order valence-electron chi connectivity index (χ4n) is 3.83. The van der Waals surface area contributed by atoms with Crippen molar-refractivity contribution in [2.45, 2.75) is 52.6 Å². The zero-order valence-corrected chi connectivity index (χ0v) is 16.3. The average molecular weight is 361 g/mol. The van der Waals surface area contributed by atoms with Crippen LogP contribution in [0.1, 0.15) is 41.5 Å². The molecule has 1 fully saturated rings. The van der Waals surface area contributed by atoms with Crippen molar-refractivity contribution in [2.24, 2.45) is 0 Å². The van der Waals surface area contributed by atoms with E-state index in [9.17, 15) is 9.59 Å². The Morgan fingerprint density at radius 2 is 1.85 bits per heavy atom. The van der Waals surface area contributed by atoms with Crippen molar-refractivity contribution in [3.63, 3.8) is 0 Å². The second kappa shape index (κ2) is 9.03. The van der Waals surface area contributed by atoms with Gasteiger partial charge in [0.2, 0.25) is 0 Å². The van der Waals surface area contributed by atoms with Crippen molar-refractivity contribution in [1.82, 2.24) is 15.1 Å². The summed E-state index contributed by atoms with van der Waals surface area (Å²) in [5, 5.41) is 12.0. The zero-order valence-electron chi connectivity index (χ0n) is 16.3. The van der Waals surface area contributed by atoms with Crippen LogP contribution in [-0.4, -0.2) is 59.6 Å². The van der Waals surface area contributed by atoms with E-state index in [4.69, 9.17) is 5.11 Å². The maximum Gasteiger partial charge on any atom is 0.317 e. The highest BCUT2D eigenvalue weighted by atomic mass is 16.4. The predicted molar refractivity (Wildman–Crippen MR) is 102 cm³/mol. The van der Waals surface area contributed by atoms with Gasteiger partial charge in [-0.2, -0.15) is 0 Å². The molecule has 1 aliphatic rings. The van der Waals surface area contributed by atoms with E-state index in [0.29, 0.717) is 13.1 Å². The Bertz CT molecular complexity index is 637. The second-order valence-corrected chi connectivity index (χ2v) is 7.42. The first-order chi connectivity index (χ1) is 12.3. The smallest absolute Gasteiger partial charge is 0.317 e. The largest absolute Gasteiger partial charge is 0.480 e. The Morgan fingerprint density at radius 1 is 1.19 bits per heavy atom. The highest BCUT2D eigenvalue weighted by Crippen LogP contribution is 2.18. The van der Waals surface area contributed by atoms with Gasteiger partial charge in [0.25, 0.3) is 0 Å². The highest BCUT2D eigenvalue weighted by Gasteiger charge is 2.24. The van der Waals surface area contributed by atoms with Gasteiger partial charge in [0.05, 0.1) is 6.54 Å². The summed E-state index contributed by atoms with van der Waals surface area (Å²) in [5.41, 5.74) is 4.82. The number of likely N-dealkylation sites (tertiary alicyclic amines) is 1. The van der Waals surface area contributed by atoms with Crippen molar-refractivity contribution in [2.75, 3.05) is 26.7 Å². The van der Waals surface area contributed by atoms with E-state index < -0.39 is 5.97 Å². The molecular weight excluding hydrogens is 330 g/mol. The molecule has 0 aromatic heterocycles. The molecule has 1 aliphatic heterocycles. The van der Waals surface area contributed by atoms with Gasteiger partial charge in [0, 0.05) is 25.7 Å². The van der Waals surface area contributed by atoms with Crippen LogP contribution in [0, 0.1) is 20.8 Å². The summed E-state index contributed by atoms with van der Waals surface area (Å²) >= 11 is 0. The standard InChI is InChI=1S/C20H31N3O3/c1-14-10-15(2)18(16(3)11-14)12-21-20(26)23-8-5-6-17(7-9-23)22(4)13-19(24)25/h10-11,17H,5-9,12-13H2,1-4H3,(H,21,26)(H,24,25).